The van der Waals surface area contributed by atoms with Gasteiger partial charge in [0, 0.05) is 23.3 Å². The Morgan fingerprint density at radius 2 is 2.25 bits per heavy atom. The highest BCUT2D eigenvalue weighted by Crippen LogP contribution is 2.29. The van der Waals surface area contributed by atoms with Crippen LogP contribution in [0.1, 0.15) is 28.8 Å². The minimum atomic E-state index is -2.70. The summed E-state index contributed by atoms with van der Waals surface area (Å²) in [7, 11) is 0. The average Bonchev–Trinajstić information content (AvgIpc) is 2.18. The van der Waals surface area contributed by atoms with E-state index in [1.54, 1.807) is 0 Å². The van der Waals surface area contributed by atoms with E-state index in [1.165, 1.54) is 13.1 Å². The average molecular weight is 250 g/mol. The summed E-state index contributed by atoms with van der Waals surface area (Å²) in [6.45, 7) is 1.45. The van der Waals surface area contributed by atoms with Crippen molar-refractivity contribution in [2.24, 2.45) is 0 Å². The predicted molar refractivity (Wildman–Crippen MR) is 54.8 cm³/mol. The van der Waals surface area contributed by atoms with Gasteiger partial charge in [0.2, 0.25) is 0 Å². The Morgan fingerprint density at radius 1 is 1.62 bits per heavy atom. The standard InChI is InChI=1S/C10H10ClF2NO2/c1-5-9(10(12)13)7(3-11)6(4-14-5)2-8(15)16/h4,10H,2-3H2,1H3,(H,15,16). The number of aliphatic carboxylic acids is 1. The molecule has 1 N–H and O–H groups in total. The van der Waals surface area contributed by atoms with Crippen molar-refractivity contribution in [3.63, 3.8) is 0 Å². The van der Waals surface area contributed by atoms with E-state index < -0.39 is 12.4 Å². The second kappa shape index (κ2) is 5.21. The Hall–Kier alpha value is -1.23. The molecule has 3 nitrogen and oxygen atoms in total. The van der Waals surface area contributed by atoms with Crippen LogP contribution >= 0.6 is 11.6 Å². The SMILES string of the molecule is Cc1ncc(CC(=O)O)c(CCl)c1C(F)F. The number of hydrogen-bond donors (Lipinski definition) is 1. The summed E-state index contributed by atoms with van der Waals surface area (Å²) < 4.78 is 25.5. The van der Waals surface area contributed by atoms with Crippen LogP contribution < -0.4 is 0 Å². The third-order valence-electron chi connectivity index (χ3n) is 2.21. The van der Waals surface area contributed by atoms with Gasteiger partial charge in [-0.3, -0.25) is 9.78 Å². The zero-order chi connectivity index (χ0) is 12.3. The molecule has 0 bridgehead atoms. The monoisotopic (exact) mass is 249 g/mol. The second-order valence-corrected chi connectivity index (χ2v) is 3.53. The van der Waals surface area contributed by atoms with Gasteiger partial charge in [0.1, 0.15) is 0 Å². The van der Waals surface area contributed by atoms with Crippen molar-refractivity contribution >= 4 is 17.6 Å². The molecule has 88 valence electrons. The van der Waals surface area contributed by atoms with E-state index in [0.717, 1.165) is 0 Å². The van der Waals surface area contributed by atoms with Crippen LogP contribution in [0.15, 0.2) is 6.20 Å². The molecule has 1 aromatic rings. The van der Waals surface area contributed by atoms with Crippen LogP contribution in [0.3, 0.4) is 0 Å². The molecule has 1 aromatic heterocycles. The van der Waals surface area contributed by atoms with Crippen LogP contribution in [-0.4, -0.2) is 16.1 Å². The van der Waals surface area contributed by atoms with E-state index in [2.05, 4.69) is 4.98 Å². The molecule has 1 rings (SSSR count). The fourth-order valence-electron chi connectivity index (χ4n) is 1.48. The molecular formula is C10H10ClF2NO2. The fraction of sp³-hybridized carbons (Fsp3) is 0.400. The van der Waals surface area contributed by atoms with Gasteiger partial charge in [0.05, 0.1) is 6.42 Å². The predicted octanol–water partition coefficient (Wildman–Crippen LogP) is 2.69. The Kier molecular flexibility index (Phi) is 4.18. The van der Waals surface area contributed by atoms with Crippen LogP contribution in [0.2, 0.25) is 0 Å². The molecule has 6 heteroatoms. The summed E-state index contributed by atoms with van der Waals surface area (Å²) in [4.78, 5) is 14.3. The Bertz CT molecular complexity index is 410. The summed E-state index contributed by atoms with van der Waals surface area (Å²) in [5.41, 5.74) is 0.337. The molecular weight excluding hydrogens is 240 g/mol. The van der Waals surface area contributed by atoms with Gasteiger partial charge < -0.3 is 5.11 Å². The molecule has 0 saturated carbocycles. The van der Waals surface area contributed by atoms with Crippen molar-refractivity contribution in [1.82, 2.24) is 4.98 Å². The smallest absolute Gasteiger partial charge is 0.307 e. The van der Waals surface area contributed by atoms with E-state index in [1.807, 2.05) is 0 Å². The van der Waals surface area contributed by atoms with Gasteiger partial charge in [-0.25, -0.2) is 8.78 Å². The number of aromatic nitrogens is 1. The van der Waals surface area contributed by atoms with Crippen LogP contribution in [0, 0.1) is 6.92 Å². The molecule has 1 heterocycles. The van der Waals surface area contributed by atoms with Gasteiger partial charge in [-0.2, -0.15) is 0 Å². The first kappa shape index (κ1) is 12.8. The molecule has 0 aliphatic rings. The van der Waals surface area contributed by atoms with Crippen molar-refractivity contribution in [3.05, 3.63) is 28.6 Å². The van der Waals surface area contributed by atoms with E-state index in [9.17, 15) is 13.6 Å². The summed E-state index contributed by atoms with van der Waals surface area (Å²) in [6.07, 6.45) is -1.77. The summed E-state index contributed by atoms with van der Waals surface area (Å²) in [6, 6.07) is 0. The quantitative estimate of drug-likeness (QED) is 0.835. The molecule has 0 aromatic carbocycles. The highest BCUT2D eigenvalue weighted by molar-refractivity contribution is 6.17. The fourth-order valence-corrected chi connectivity index (χ4v) is 1.79. The second-order valence-electron chi connectivity index (χ2n) is 3.27. The number of rotatable bonds is 4. The first-order valence-electron chi connectivity index (χ1n) is 4.50. The molecule has 0 spiro atoms. The normalized spacial score (nSPS) is 10.8. The summed E-state index contributed by atoms with van der Waals surface area (Å²) in [5.74, 6) is -1.25. The molecule has 16 heavy (non-hydrogen) atoms. The first-order chi connectivity index (χ1) is 7.47. The topological polar surface area (TPSA) is 50.2 Å². The van der Waals surface area contributed by atoms with Crippen LogP contribution in [0.25, 0.3) is 0 Å². The number of alkyl halides is 3. The van der Waals surface area contributed by atoms with Crippen molar-refractivity contribution in [1.29, 1.82) is 0 Å². The molecule has 0 amide bonds. The molecule has 0 aliphatic carbocycles. The summed E-state index contributed by atoms with van der Waals surface area (Å²) >= 11 is 5.58. The van der Waals surface area contributed by atoms with Gasteiger partial charge in [0.15, 0.2) is 0 Å². The van der Waals surface area contributed by atoms with Crippen molar-refractivity contribution in [3.8, 4) is 0 Å². The van der Waals surface area contributed by atoms with Crippen LogP contribution in [0.5, 0.6) is 0 Å². The molecule has 0 radical (unpaired) electrons. The third-order valence-corrected chi connectivity index (χ3v) is 2.48. The lowest BCUT2D eigenvalue weighted by Gasteiger charge is -2.13. The Balaban J connectivity index is 3.30. The van der Waals surface area contributed by atoms with E-state index >= 15 is 0 Å². The molecule has 0 atom stereocenters. The van der Waals surface area contributed by atoms with Crippen LogP contribution in [-0.2, 0) is 17.1 Å². The van der Waals surface area contributed by atoms with Gasteiger partial charge >= 0.3 is 5.97 Å². The lowest BCUT2D eigenvalue weighted by Crippen LogP contribution is -2.08. The first-order valence-corrected chi connectivity index (χ1v) is 5.04. The number of nitrogens with zero attached hydrogens (tertiary/aromatic N) is 1. The highest BCUT2D eigenvalue weighted by Gasteiger charge is 2.20. The maximum absolute atomic E-state index is 12.7. The zero-order valence-electron chi connectivity index (χ0n) is 8.51. The van der Waals surface area contributed by atoms with E-state index in [4.69, 9.17) is 16.7 Å². The Morgan fingerprint density at radius 3 is 2.69 bits per heavy atom. The van der Waals surface area contributed by atoms with Crippen molar-refractivity contribution in [2.75, 3.05) is 0 Å². The minimum Gasteiger partial charge on any atom is -0.481 e. The van der Waals surface area contributed by atoms with Gasteiger partial charge in [-0.1, -0.05) is 0 Å². The zero-order valence-corrected chi connectivity index (χ0v) is 9.26. The number of pyridine rings is 1. The third kappa shape index (κ3) is 2.66. The molecule has 0 fully saturated rings. The van der Waals surface area contributed by atoms with E-state index in [-0.39, 0.29) is 34.7 Å². The van der Waals surface area contributed by atoms with E-state index in [0.29, 0.717) is 0 Å². The molecule has 0 saturated heterocycles. The molecule has 0 aliphatic heterocycles. The number of halogens is 3. The number of hydrogen-bond acceptors (Lipinski definition) is 2. The lowest BCUT2D eigenvalue weighted by molar-refractivity contribution is -0.136. The number of carboxylic acid groups (broad SMARTS) is 1. The number of aryl methyl sites for hydroxylation is 1. The van der Waals surface area contributed by atoms with Gasteiger partial charge in [-0.05, 0) is 18.1 Å². The van der Waals surface area contributed by atoms with Crippen molar-refractivity contribution in [2.45, 2.75) is 25.7 Å². The Labute approximate surface area is 96.1 Å². The molecule has 0 unspecified atom stereocenters. The maximum Gasteiger partial charge on any atom is 0.307 e. The largest absolute Gasteiger partial charge is 0.481 e. The lowest BCUT2D eigenvalue weighted by atomic mass is 10.0. The van der Waals surface area contributed by atoms with Gasteiger partial charge in [-0.15, -0.1) is 11.6 Å². The maximum atomic E-state index is 12.7. The number of carboxylic acids is 1. The van der Waals surface area contributed by atoms with Crippen LogP contribution in [0.4, 0.5) is 8.78 Å². The summed E-state index contributed by atoms with van der Waals surface area (Å²) in [5, 5.41) is 8.63. The van der Waals surface area contributed by atoms with Gasteiger partial charge in [0.25, 0.3) is 6.43 Å². The van der Waals surface area contributed by atoms with Crippen molar-refractivity contribution < 1.29 is 18.7 Å². The number of carbonyl (C=O) groups is 1. The minimum absolute atomic E-state index is 0.147. The highest BCUT2D eigenvalue weighted by atomic mass is 35.5.